The Kier molecular flexibility index (Phi) is 6.94. The van der Waals surface area contributed by atoms with Crippen LogP contribution < -0.4 is 4.90 Å². The first-order chi connectivity index (χ1) is 27.8. The molecule has 1 aromatic heterocycles. The van der Waals surface area contributed by atoms with E-state index in [2.05, 4.69) is 204 Å². The van der Waals surface area contributed by atoms with Crippen molar-refractivity contribution in [2.24, 2.45) is 0 Å². The summed E-state index contributed by atoms with van der Waals surface area (Å²) in [6.07, 6.45) is 2.01. The Morgan fingerprint density at radius 3 is 1.68 bits per heavy atom. The van der Waals surface area contributed by atoms with Crippen molar-refractivity contribution >= 4 is 39.7 Å². The fourth-order valence-electron chi connectivity index (χ4n) is 10.1. The predicted molar refractivity (Wildman–Crippen MR) is 232 cm³/mol. The van der Waals surface area contributed by atoms with Gasteiger partial charge in [-0.1, -0.05) is 151 Å². The molecule has 0 fully saturated rings. The van der Waals surface area contributed by atoms with Crippen LogP contribution in [0.15, 0.2) is 204 Å². The van der Waals surface area contributed by atoms with Crippen LogP contribution >= 0.6 is 11.8 Å². The van der Waals surface area contributed by atoms with Crippen LogP contribution in [0.3, 0.4) is 0 Å². The van der Waals surface area contributed by atoms with Crippen LogP contribution in [0.1, 0.15) is 33.5 Å². The van der Waals surface area contributed by atoms with E-state index < -0.39 is 5.41 Å². The van der Waals surface area contributed by atoms with E-state index in [9.17, 15) is 0 Å². The molecule has 3 aliphatic rings. The van der Waals surface area contributed by atoms with Crippen molar-refractivity contribution in [3.05, 3.63) is 228 Å². The fraction of sp³-hybridized carbons (Fsp3) is 0.0566. The number of nitrogens with zero attached hydrogens (tertiary/aromatic N) is 2. The van der Waals surface area contributed by atoms with E-state index in [1.165, 1.54) is 82.1 Å². The van der Waals surface area contributed by atoms with E-state index in [0.29, 0.717) is 0 Å². The van der Waals surface area contributed by atoms with Gasteiger partial charge in [0.05, 0.1) is 10.9 Å². The van der Waals surface area contributed by atoms with E-state index in [1.807, 2.05) is 11.8 Å². The van der Waals surface area contributed by atoms with Crippen molar-refractivity contribution < 1.29 is 0 Å². The second-order valence-corrected chi connectivity index (χ2v) is 16.2. The molecule has 1 spiro atoms. The molecule has 264 valence electrons. The number of para-hydroxylation sites is 2. The number of aryl methyl sites for hydroxylation is 1. The molecule has 12 rings (SSSR count). The molecule has 1 aliphatic heterocycles. The Morgan fingerprint density at radius 1 is 0.446 bits per heavy atom. The van der Waals surface area contributed by atoms with Crippen LogP contribution in [0.4, 0.5) is 17.1 Å². The molecule has 0 saturated heterocycles. The zero-order valence-corrected chi connectivity index (χ0v) is 31.5. The lowest BCUT2D eigenvalue weighted by Gasteiger charge is -2.40. The number of hydrogen-bond acceptors (Lipinski definition) is 2. The van der Waals surface area contributed by atoms with Crippen LogP contribution in [0.2, 0.25) is 0 Å². The molecule has 2 aliphatic carbocycles. The fourth-order valence-corrected chi connectivity index (χ4v) is 11.5. The molecule has 0 saturated carbocycles. The lowest BCUT2D eigenvalue weighted by atomic mass is 9.67. The first kappa shape index (κ1) is 31.8. The average molecular weight is 733 g/mol. The lowest BCUT2D eigenvalue weighted by Crippen LogP contribution is -2.32. The smallest absolute Gasteiger partial charge is 0.0736 e. The van der Waals surface area contributed by atoms with E-state index >= 15 is 0 Å². The summed E-state index contributed by atoms with van der Waals surface area (Å²) in [5, 5.41) is 1.33. The van der Waals surface area contributed by atoms with Crippen molar-refractivity contribution in [1.29, 1.82) is 0 Å². The molecule has 9 aromatic rings. The highest BCUT2D eigenvalue weighted by molar-refractivity contribution is 7.99. The molecule has 3 heteroatoms. The van der Waals surface area contributed by atoms with Gasteiger partial charge in [0, 0.05) is 49.2 Å². The lowest BCUT2D eigenvalue weighted by molar-refractivity contribution is 0.723. The molecule has 0 bridgehead atoms. The van der Waals surface area contributed by atoms with Crippen LogP contribution in [0.5, 0.6) is 0 Å². The van der Waals surface area contributed by atoms with Gasteiger partial charge in [0.2, 0.25) is 0 Å². The molecule has 2 heterocycles. The normalized spacial score (nSPS) is 14.0. The molecule has 2 nitrogen and oxygen atoms in total. The summed E-state index contributed by atoms with van der Waals surface area (Å²) >= 11 is 1.95. The maximum Gasteiger partial charge on any atom is 0.0736 e. The molecule has 56 heavy (non-hydrogen) atoms. The second-order valence-electron chi connectivity index (χ2n) is 15.1. The Morgan fingerprint density at radius 2 is 1.00 bits per heavy atom. The number of anilines is 3. The minimum absolute atomic E-state index is 0.429. The Balaban J connectivity index is 1.15. The largest absolute Gasteiger partial charge is 0.312 e. The number of aromatic nitrogens is 1. The van der Waals surface area contributed by atoms with E-state index in [1.54, 1.807) is 0 Å². The van der Waals surface area contributed by atoms with Gasteiger partial charge in [0.1, 0.15) is 0 Å². The first-order valence-corrected chi connectivity index (χ1v) is 20.4. The summed E-state index contributed by atoms with van der Waals surface area (Å²) in [7, 11) is 0. The van der Waals surface area contributed by atoms with Gasteiger partial charge in [-0.2, -0.15) is 0 Å². The minimum atomic E-state index is -0.429. The maximum absolute atomic E-state index is 2.62. The Hall–Kier alpha value is -6.55. The third-order valence-electron chi connectivity index (χ3n) is 12.4. The Labute approximate surface area is 331 Å². The number of hydrogen-bond donors (Lipinski definition) is 0. The van der Waals surface area contributed by atoms with E-state index in [4.69, 9.17) is 0 Å². The molecule has 0 radical (unpaired) electrons. The third-order valence-corrected chi connectivity index (χ3v) is 13.5. The minimum Gasteiger partial charge on any atom is -0.312 e. The van der Waals surface area contributed by atoms with E-state index in [0.717, 1.165) is 29.9 Å². The number of benzene rings is 8. The Bertz CT molecular complexity index is 2910. The van der Waals surface area contributed by atoms with Crippen molar-refractivity contribution in [2.75, 3.05) is 4.90 Å². The molecule has 0 N–H and O–H groups in total. The second kappa shape index (κ2) is 12.2. The quantitative estimate of drug-likeness (QED) is 0.178. The summed E-state index contributed by atoms with van der Waals surface area (Å²) in [4.78, 5) is 5.01. The topological polar surface area (TPSA) is 8.17 Å². The van der Waals surface area contributed by atoms with Crippen molar-refractivity contribution in [3.8, 4) is 27.9 Å². The highest BCUT2D eigenvalue weighted by Gasteiger charge is 2.50. The summed E-state index contributed by atoms with van der Waals surface area (Å²) in [5.74, 6) is 0. The van der Waals surface area contributed by atoms with Gasteiger partial charge in [0.25, 0.3) is 0 Å². The molecule has 0 atom stereocenters. The average Bonchev–Trinajstić information content (AvgIpc) is 3.77. The zero-order chi connectivity index (χ0) is 36.8. The maximum atomic E-state index is 2.62. The van der Waals surface area contributed by atoms with Gasteiger partial charge in [-0.3, -0.25) is 0 Å². The van der Waals surface area contributed by atoms with Crippen LogP contribution in [-0.4, -0.2) is 4.57 Å². The number of fused-ring (bicyclic) bond motifs is 15. The summed E-state index contributed by atoms with van der Waals surface area (Å²) in [6.45, 7) is 0. The highest BCUT2D eigenvalue weighted by Crippen LogP contribution is 2.63. The molecule has 8 aromatic carbocycles. The van der Waals surface area contributed by atoms with Gasteiger partial charge >= 0.3 is 0 Å². The third kappa shape index (κ3) is 4.35. The van der Waals surface area contributed by atoms with Gasteiger partial charge in [-0.05, 0) is 112 Å². The predicted octanol–water partition coefficient (Wildman–Crippen LogP) is 13.7. The van der Waals surface area contributed by atoms with Crippen molar-refractivity contribution in [2.45, 2.75) is 28.0 Å². The highest BCUT2D eigenvalue weighted by atomic mass is 32.2. The van der Waals surface area contributed by atoms with Crippen molar-refractivity contribution in [1.82, 2.24) is 4.57 Å². The molecular weight excluding hydrogens is 697 g/mol. The zero-order valence-electron chi connectivity index (χ0n) is 30.7. The molecule has 0 unspecified atom stereocenters. The summed E-state index contributed by atoms with van der Waals surface area (Å²) < 4.78 is 2.62. The van der Waals surface area contributed by atoms with Crippen LogP contribution in [-0.2, 0) is 18.3 Å². The summed E-state index contributed by atoms with van der Waals surface area (Å²) in [6, 6.07) is 72.0. The van der Waals surface area contributed by atoms with Gasteiger partial charge in [0.15, 0.2) is 0 Å². The van der Waals surface area contributed by atoms with Gasteiger partial charge in [-0.15, -0.1) is 0 Å². The van der Waals surface area contributed by atoms with Crippen molar-refractivity contribution in [3.63, 3.8) is 0 Å². The number of rotatable bonds is 4. The monoisotopic (exact) mass is 732 g/mol. The van der Waals surface area contributed by atoms with Crippen LogP contribution in [0.25, 0.3) is 38.8 Å². The van der Waals surface area contributed by atoms with Gasteiger partial charge < -0.3 is 9.47 Å². The first-order valence-electron chi connectivity index (χ1n) is 19.6. The van der Waals surface area contributed by atoms with Gasteiger partial charge in [-0.25, -0.2) is 0 Å². The standard InChI is InChI=1S/C53H36N2S/c1-3-16-36(17-4-1)54(37-18-5-2-6-19-37)38-28-30-39(31-29-38)55-48-34-27-35-15-7-8-20-40(35)50(48)43-32-33-47-52(51(43)55)56-49-26-14-13-25-46(49)53(47)44-23-11-9-21-41(44)42-22-10-12-24-45(42)53/h1-26,28-33H,27,34H2. The summed E-state index contributed by atoms with van der Waals surface area (Å²) in [5.41, 5.74) is 19.2. The van der Waals surface area contributed by atoms with Crippen LogP contribution in [0, 0.1) is 0 Å². The van der Waals surface area contributed by atoms with E-state index in [-0.39, 0.29) is 0 Å². The SMILES string of the molecule is c1ccc(N(c2ccccc2)c2ccc(-n3c4c(c5ccc6c(c53)Sc3ccccc3C63c5ccccc5-c5ccccc53)-c3ccccc3CC4)cc2)cc1. The molecular formula is C53H36N2S. The molecule has 0 amide bonds.